The Morgan fingerprint density at radius 2 is 2.17 bits per heavy atom. The molecule has 8 nitrogen and oxygen atoms in total. The highest BCUT2D eigenvalue weighted by Crippen LogP contribution is 2.23. The summed E-state index contributed by atoms with van der Waals surface area (Å²) in [4.78, 5) is 22.7. The van der Waals surface area contributed by atoms with Crippen LogP contribution in [-0.4, -0.2) is 56.0 Å². The second kappa shape index (κ2) is 6.56. The molecule has 0 aliphatic carbocycles. The number of carbonyl (C=O) groups excluding carboxylic acids is 1. The van der Waals surface area contributed by atoms with Crippen LogP contribution in [0.5, 0.6) is 0 Å². The minimum atomic E-state index is -0.983. The molecule has 1 saturated heterocycles. The number of nitrogens with one attached hydrogen (secondary N) is 1. The maximum atomic E-state index is 12.3. The molecule has 2 N–H and O–H groups in total. The van der Waals surface area contributed by atoms with E-state index in [2.05, 4.69) is 20.4 Å². The van der Waals surface area contributed by atoms with Gasteiger partial charge in [-0.3, -0.25) is 9.48 Å². The van der Waals surface area contributed by atoms with Gasteiger partial charge in [0.15, 0.2) is 0 Å². The molecule has 1 amide bonds. The number of hydrogen-bond acceptors (Lipinski definition) is 6. The molecule has 0 spiro atoms. The molecule has 1 atom stereocenters. The van der Waals surface area contributed by atoms with Crippen molar-refractivity contribution in [1.29, 1.82) is 0 Å². The van der Waals surface area contributed by atoms with Crippen LogP contribution < -0.4 is 10.2 Å². The Morgan fingerprint density at radius 3 is 2.83 bits per heavy atom. The minimum Gasteiger partial charge on any atom is -0.386 e. The Balaban J connectivity index is 1.60. The molecule has 1 fully saturated rings. The summed E-state index contributed by atoms with van der Waals surface area (Å²) in [6.45, 7) is 5.72. The number of amides is 1. The van der Waals surface area contributed by atoms with E-state index < -0.39 is 5.60 Å². The van der Waals surface area contributed by atoms with E-state index in [4.69, 9.17) is 0 Å². The van der Waals surface area contributed by atoms with E-state index >= 15 is 0 Å². The fourth-order valence-corrected chi connectivity index (χ4v) is 2.87. The quantitative estimate of drug-likeness (QED) is 0.822. The van der Waals surface area contributed by atoms with Gasteiger partial charge in [-0.25, -0.2) is 9.97 Å². The van der Waals surface area contributed by atoms with Gasteiger partial charge in [-0.15, -0.1) is 0 Å². The third-order valence-corrected chi connectivity index (χ3v) is 4.26. The molecule has 0 radical (unpaired) electrons. The third-order valence-electron chi connectivity index (χ3n) is 4.26. The van der Waals surface area contributed by atoms with Crippen LogP contribution >= 0.6 is 0 Å². The third kappa shape index (κ3) is 3.38. The molecule has 3 rings (SSSR count). The summed E-state index contributed by atoms with van der Waals surface area (Å²) in [6, 6.07) is 1.75. The first-order chi connectivity index (χ1) is 11.5. The zero-order valence-electron chi connectivity index (χ0n) is 13.9. The van der Waals surface area contributed by atoms with Crippen molar-refractivity contribution < 1.29 is 9.90 Å². The lowest BCUT2D eigenvalue weighted by Gasteiger charge is -2.23. The van der Waals surface area contributed by atoms with Gasteiger partial charge in [0.25, 0.3) is 5.91 Å². The standard InChI is InChI=1S/C16H22N6O2/c1-3-22-9-13(12(2)20-22)14(23)19-10-16(24)5-8-21(11-16)15-17-6-4-7-18-15/h4,6-7,9,24H,3,5,8,10-11H2,1-2H3,(H,19,23)/t16-/m1/s1. The molecule has 0 saturated carbocycles. The lowest BCUT2D eigenvalue weighted by molar-refractivity contribution is 0.0575. The second-order valence-corrected chi connectivity index (χ2v) is 6.11. The summed E-state index contributed by atoms with van der Waals surface area (Å²) in [7, 11) is 0. The van der Waals surface area contributed by atoms with Crippen LogP contribution in [0.3, 0.4) is 0 Å². The van der Waals surface area contributed by atoms with Crippen molar-refractivity contribution in [2.24, 2.45) is 0 Å². The molecule has 128 valence electrons. The van der Waals surface area contributed by atoms with Crippen molar-refractivity contribution in [3.63, 3.8) is 0 Å². The average molecular weight is 330 g/mol. The summed E-state index contributed by atoms with van der Waals surface area (Å²) in [6.07, 6.45) is 5.64. The van der Waals surface area contributed by atoms with Gasteiger partial charge in [0.1, 0.15) is 5.60 Å². The summed E-state index contributed by atoms with van der Waals surface area (Å²) < 4.78 is 1.73. The topological polar surface area (TPSA) is 96.2 Å². The molecular weight excluding hydrogens is 308 g/mol. The van der Waals surface area contributed by atoms with Gasteiger partial charge in [-0.1, -0.05) is 0 Å². The maximum Gasteiger partial charge on any atom is 0.254 e. The van der Waals surface area contributed by atoms with Crippen LogP contribution in [0.2, 0.25) is 0 Å². The molecular formula is C16H22N6O2. The zero-order valence-corrected chi connectivity index (χ0v) is 13.9. The summed E-state index contributed by atoms with van der Waals surface area (Å²) >= 11 is 0. The highest BCUT2D eigenvalue weighted by atomic mass is 16.3. The molecule has 1 aliphatic rings. The first-order valence-corrected chi connectivity index (χ1v) is 8.07. The Morgan fingerprint density at radius 1 is 1.42 bits per heavy atom. The van der Waals surface area contributed by atoms with Gasteiger partial charge in [-0.2, -0.15) is 5.10 Å². The first-order valence-electron chi connectivity index (χ1n) is 8.07. The van der Waals surface area contributed by atoms with Gasteiger partial charge in [-0.05, 0) is 26.3 Å². The van der Waals surface area contributed by atoms with Crippen LogP contribution in [0, 0.1) is 6.92 Å². The fraction of sp³-hybridized carbons (Fsp3) is 0.500. The van der Waals surface area contributed by atoms with Crippen molar-refractivity contribution in [1.82, 2.24) is 25.1 Å². The number of nitrogens with zero attached hydrogens (tertiary/aromatic N) is 5. The number of β-amino-alcohol motifs (C(OH)–C–C–N with tert-alkyl or cyclic N) is 1. The first kappa shape index (κ1) is 16.4. The lowest BCUT2D eigenvalue weighted by atomic mass is 10.0. The number of aliphatic hydroxyl groups is 1. The van der Waals surface area contributed by atoms with Crippen molar-refractivity contribution in [3.8, 4) is 0 Å². The number of anilines is 1. The Bertz CT molecular complexity index is 717. The van der Waals surface area contributed by atoms with E-state index in [0.717, 1.165) is 0 Å². The van der Waals surface area contributed by atoms with Crippen LogP contribution in [0.15, 0.2) is 24.7 Å². The maximum absolute atomic E-state index is 12.3. The van der Waals surface area contributed by atoms with Gasteiger partial charge >= 0.3 is 0 Å². The monoisotopic (exact) mass is 330 g/mol. The summed E-state index contributed by atoms with van der Waals surface area (Å²) in [5, 5.41) is 17.8. The Labute approximate surface area is 140 Å². The molecule has 0 bridgehead atoms. The summed E-state index contributed by atoms with van der Waals surface area (Å²) in [5.41, 5.74) is 0.248. The van der Waals surface area contributed by atoms with Crippen LogP contribution in [-0.2, 0) is 6.54 Å². The van der Waals surface area contributed by atoms with Crippen LogP contribution in [0.4, 0.5) is 5.95 Å². The van der Waals surface area contributed by atoms with Gasteiger partial charge in [0, 0.05) is 38.2 Å². The SMILES string of the molecule is CCn1cc(C(=O)NC[C@]2(O)CCN(c3ncccn3)C2)c(C)n1. The zero-order chi connectivity index (χ0) is 17.2. The molecule has 0 aromatic carbocycles. The Hall–Kier alpha value is -2.48. The number of carbonyl (C=O) groups is 1. The van der Waals surface area contributed by atoms with E-state index in [0.29, 0.717) is 43.3 Å². The molecule has 3 heterocycles. The number of aryl methyl sites for hydroxylation is 2. The summed E-state index contributed by atoms with van der Waals surface area (Å²) in [5.74, 6) is 0.384. The van der Waals surface area contributed by atoms with Gasteiger partial charge in [0.05, 0.1) is 17.8 Å². The second-order valence-electron chi connectivity index (χ2n) is 6.11. The molecule has 1 aliphatic heterocycles. The lowest BCUT2D eigenvalue weighted by Crippen LogP contribution is -2.45. The number of aromatic nitrogens is 4. The number of hydrogen-bond donors (Lipinski definition) is 2. The predicted octanol–water partition coefficient (Wildman–Crippen LogP) is 0.373. The van der Waals surface area contributed by atoms with Crippen molar-refractivity contribution in [3.05, 3.63) is 35.9 Å². The van der Waals surface area contributed by atoms with Gasteiger partial charge in [0.2, 0.25) is 5.95 Å². The molecule has 2 aromatic heterocycles. The average Bonchev–Trinajstić information content (AvgIpc) is 3.17. The van der Waals surface area contributed by atoms with Crippen LogP contribution in [0.1, 0.15) is 29.4 Å². The van der Waals surface area contributed by atoms with Crippen LogP contribution in [0.25, 0.3) is 0 Å². The predicted molar refractivity (Wildman–Crippen MR) is 88.8 cm³/mol. The van der Waals surface area contributed by atoms with E-state index in [1.165, 1.54) is 0 Å². The van der Waals surface area contributed by atoms with Crippen molar-refractivity contribution in [2.45, 2.75) is 32.4 Å². The normalized spacial score (nSPS) is 20.4. The highest BCUT2D eigenvalue weighted by Gasteiger charge is 2.37. The molecule has 24 heavy (non-hydrogen) atoms. The Kier molecular flexibility index (Phi) is 4.48. The minimum absolute atomic E-state index is 0.186. The van der Waals surface area contributed by atoms with Crippen molar-refractivity contribution >= 4 is 11.9 Å². The van der Waals surface area contributed by atoms with Crippen molar-refractivity contribution in [2.75, 3.05) is 24.5 Å². The molecule has 0 unspecified atom stereocenters. The molecule has 2 aromatic rings. The fourth-order valence-electron chi connectivity index (χ4n) is 2.87. The smallest absolute Gasteiger partial charge is 0.254 e. The van der Waals surface area contributed by atoms with E-state index in [-0.39, 0.29) is 12.5 Å². The van der Waals surface area contributed by atoms with E-state index in [1.807, 2.05) is 11.8 Å². The van der Waals surface area contributed by atoms with E-state index in [9.17, 15) is 9.90 Å². The van der Waals surface area contributed by atoms with Gasteiger partial charge < -0.3 is 15.3 Å². The van der Waals surface area contributed by atoms with E-state index in [1.54, 1.807) is 36.3 Å². The molecule has 8 heteroatoms. The number of rotatable bonds is 5. The largest absolute Gasteiger partial charge is 0.386 e. The highest BCUT2D eigenvalue weighted by molar-refractivity contribution is 5.95.